The van der Waals surface area contributed by atoms with Crippen LogP contribution in [0.2, 0.25) is 0 Å². The molecule has 8 nitrogen and oxygen atoms in total. The Kier molecular flexibility index (Phi) is 8.77. The monoisotopic (exact) mass is 364 g/mol. The van der Waals surface area contributed by atoms with Crippen LogP contribution >= 0.6 is 8.02 Å². The number of nitrogens with one attached hydrogen (secondary N) is 3. The van der Waals surface area contributed by atoms with E-state index in [9.17, 15) is 0 Å². The molecule has 2 rings (SSSR count). The van der Waals surface area contributed by atoms with E-state index in [4.69, 9.17) is 25.9 Å². The normalized spacial score (nSPS) is 32.7. The molecule has 2 aliphatic carbocycles. The first kappa shape index (κ1) is 20.4. The van der Waals surface area contributed by atoms with E-state index < -0.39 is 8.02 Å². The predicted molar refractivity (Wildman–Crippen MR) is 99.6 cm³/mol. The first-order valence-corrected chi connectivity index (χ1v) is 11.3. The first-order chi connectivity index (χ1) is 11.5. The minimum absolute atomic E-state index is 0.136. The van der Waals surface area contributed by atoms with E-state index in [1.807, 2.05) is 7.05 Å². The summed E-state index contributed by atoms with van der Waals surface area (Å²) in [5, 5.41) is 0. The van der Waals surface area contributed by atoms with Crippen molar-refractivity contribution in [1.82, 2.24) is 16.3 Å². The van der Waals surface area contributed by atoms with Crippen molar-refractivity contribution < 1.29 is 9.05 Å². The molecule has 0 heterocycles. The zero-order valence-corrected chi connectivity index (χ0v) is 15.9. The topological polar surface area (TPSA) is 133 Å². The van der Waals surface area contributed by atoms with Crippen LogP contribution in [0.5, 0.6) is 0 Å². The number of hydrogen-bond acceptors (Lipinski definition) is 8. The minimum atomic E-state index is -3.03. The summed E-state index contributed by atoms with van der Waals surface area (Å²) < 4.78 is 12.0. The Hall–Kier alpha value is 0.110. The van der Waals surface area contributed by atoms with Gasteiger partial charge in [-0.15, -0.1) is 0 Å². The number of hydrogen-bond donors (Lipinski definition) is 6. The zero-order chi connectivity index (χ0) is 17.4. The van der Waals surface area contributed by atoms with Crippen LogP contribution in [0.3, 0.4) is 0 Å². The summed E-state index contributed by atoms with van der Waals surface area (Å²) in [7, 11) is -1.14. The molecule has 24 heavy (non-hydrogen) atoms. The predicted octanol–water partition coefficient (Wildman–Crippen LogP) is 0.652. The van der Waals surface area contributed by atoms with Crippen molar-refractivity contribution in [3.63, 3.8) is 0 Å². The number of nitrogens with two attached hydrogens (primary N) is 3. The van der Waals surface area contributed by atoms with Gasteiger partial charge in [-0.1, -0.05) is 0 Å². The van der Waals surface area contributed by atoms with Gasteiger partial charge in [-0.25, -0.2) is 0 Å². The Morgan fingerprint density at radius 1 is 0.833 bits per heavy atom. The standard InChI is InChI=1S/C15H37N6O2P/c1-19-21-11-13-4-8-15(9-5-13)23-24(17,18)22-14-6-2-12(3-7-14)10-20-16/h12-15,19-21,24H,2-11,16-18H2,1H3. The van der Waals surface area contributed by atoms with Gasteiger partial charge in [0, 0.05) is 0 Å². The van der Waals surface area contributed by atoms with Crippen molar-refractivity contribution >= 4 is 8.02 Å². The molecular weight excluding hydrogens is 327 g/mol. The van der Waals surface area contributed by atoms with Crippen molar-refractivity contribution in [2.45, 2.75) is 63.6 Å². The van der Waals surface area contributed by atoms with Crippen LogP contribution in [-0.2, 0) is 9.05 Å². The van der Waals surface area contributed by atoms with Gasteiger partial charge in [0.2, 0.25) is 0 Å². The molecule has 2 aliphatic rings. The molecule has 0 atom stereocenters. The summed E-state index contributed by atoms with van der Waals surface area (Å²) in [6.07, 6.45) is 8.76. The van der Waals surface area contributed by atoms with Crippen LogP contribution in [0.4, 0.5) is 0 Å². The molecule has 0 unspecified atom stereocenters. The molecule has 0 aliphatic heterocycles. The van der Waals surface area contributed by atoms with E-state index in [0.717, 1.165) is 64.5 Å². The molecule has 0 aromatic carbocycles. The van der Waals surface area contributed by atoms with Crippen molar-refractivity contribution in [3.05, 3.63) is 0 Å². The Bertz CT molecular complexity index is 347. The first-order valence-electron chi connectivity index (χ1n) is 9.29. The van der Waals surface area contributed by atoms with Gasteiger partial charge in [-0.3, -0.25) is 0 Å². The van der Waals surface area contributed by atoms with Gasteiger partial charge in [0.15, 0.2) is 0 Å². The maximum atomic E-state index is 6.20. The fourth-order valence-corrected chi connectivity index (χ4v) is 5.44. The van der Waals surface area contributed by atoms with Crippen LogP contribution in [0.15, 0.2) is 0 Å². The van der Waals surface area contributed by atoms with Gasteiger partial charge in [0.05, 0.1) is 0 Å². The maximum absolute atomic E-state index is 6.20. The third-order valence-electron chi connectivity index (χ3n) is 5.26. The second kappa shape index (κ2) is 10.3. The van der Waals surface area contributed by atoms with Crippen LogP contribution < -0.4 is 33.1 Å². The fourth-order valence-electron chi connectivity index (χ4n) is 3.87. The summed E-state index contributed by atoms with van der Waals surface area (Å²) in [6, 6.07) is 0. The van der Waals surface area contributed by atoms with E-state index in [1.165, 1.54) is 0 Å². The van der Waals surface area contributed by atoms with Gasteiger partial charge in [0.1, 0.15) is 0 Å². The SMILES string of the molecule is CNNCC1CCC(O[PH](N)(N)OC2CCC(CNN)CC2)CC1. The van der Waals surface area contributed by atoms with Crippen LogP contribution in [-0.4, -0.2) is 32.3 Å². The second-order valence-electron chi connectivity index (χ2n) is 7.28. The van der Waals surface area contributed by atoms with E-state index >= 15 is 0 Å². The van der Waals surface area contributed by atoms with Gasteiger partial charge < -0.3 is 0 Å². The Balaban J connectivity index is 1.66. The number of hydrazine groups is 2. The van der Waals surface area contributed by atoms with Crippen molar-refractivity contribution in [2.24, 2.45) is 28.7 Å². The van der Waals surface area contributed by atoms with Gasteiger partial charge in [0.25, 0.3) is 0 Å². The molecule has 9 N–H and O–H groups in total. The quantitative estimate of drug-likeness (QED) is 0.200. The second-order valence-corrected chi connectivity index (χ2v) is 9.20. The molecule has 2 saturated carbocycles. The Labute approximate surface area is 146 Å². The zero-order valence-electron chi connectivity index (χ0n) is 14.9. The van der Waals surface area contributed by atoms with Crippen molar-refractivity contribution in [1.29, 1.82) is 0 Å². The van der Waals surface area contributed by atoms with Crippen LogP contribution in [0.25, 0.3) is 0 Å². The van der Waals surface area contributed by atoms with E-state index in [-0.39, 0.29) is 12.2 Å². The van der Waals surface area contributed by atoms with E-state index in [0.29, 0.717) is 11.8 Å². The van der Waals surface area contributed by atoms with E-state index in [1.54, 1.807) is 0 Å². The van der Waals surface area contributed by atoms with E-state index in [2.05, 4.69) is 16.3 Å². The average molecular weight is 364 g/mol. The van der Waals surface area contributed by atoms with Gasteiger partial charge >= 0.3 is 146 Å². The Morgan fingerprint density at radius 3 is 1.71 bits per heavy atom. The molecule has 0 radical (unpaired) electrons. The van der Waals surface area contributed by atoms with Crippen LogP contribution in [0, 0.1) is 11.8 Å². The van der Waals surface area contributed by atoms with Gasteiger partial charge in [-0.05, 0) is 0 Å². The average Bonchev–Trinajstić information content (AvgIpc) is 2.56. The Morgan fingerprint density at radius 2 is 1.29 bits per heavy atom. The summed E-state index contributed by atoms with van der Waals surface area (Å²) in [5.41, 5.74) is 21.3. The molecular formula is C15H37N6O2P. The molecule has 0 spiro atoms. The van der Waals surface area contributed by atoms with Crippen molar-refractivity contribution in [2.75, 3.05) is 20.1 Å². The van der Waals surface area contributed by atoms with Crippen molar-refractivity contribution in [3.8, 4) is 0 Å². The molecule has 0 aromatic rings. The summed E-state index contributed by atoms with van der Waals surface area (Å²) >= 11 is 0. The molecule has 9 heteroatoms. The summed E-state index contributed by atoms with van der Waals surface area (Å²) in [4.78, 5) is 0. The molecule has 0 amide bonds. The third kappa shape index (κ3) is 7.15. The third-order valence-corrected chi connectivity index (χ3v) is 6.67. The molecule has 0 aromatic heterocycles. The summed E-state index contributed by atoms with van der Waals surface area (Å²) in [6.45, 7) is 1.86. The fraction of sp³-hybridized carbons (Fsp3) is 1.00. The molecule has 2 fully saturated rings. The van der Waals surface area contributed by atoms with Gasteiger partial charge in [-0.2, -0.15) is 0 Å². The molecule has 144 valence electrons. The molecule has 0 saturated heterocycles. The molecule has 0 bridgehead atoms. The van der Waals surface area contributed by atoms with Crippen LogP contribution in [0.1, 0.15) is 51.4 Å². The summed E-state index contributed by atoms with van der Waals surface area (Å²) in [5.74, 6) is 6.71. The number of rotatable bonds is 9.